The first-order valence-corrected chi connectivity index (χ1v) is 6.04. The van der Waals surface area contributed by atoms with Gasteiger partial charge in [-0.1, -0.05) is 6.92 Å². The van der Waals surface area contributed by atoms with Crippen molar-refractivity contribution in [3.63, 3.8) is 0 Å². The van der Waals surface area contributed by atoms with E-state index in [2.05, 4.69) is 22.2 Å². The lowest BCUT2D eigenvalue weighted by atomic mass is 10.2. The molecule has 0 aliphatic carbocycles. The Balaban J connectivity index is 3.03. The molecule has 3 N–H and O–H groups in total. The van der Waals surface area contributed by atoms with E-state index in [1.807, 2.05) is 13.8 Å². The van der Waals surface area contributed by atoms with Gasteiger partial charge in [-0.25, -0.2) is 9.97 Å². The normalized spacial score (nSPS) is 10.2. The number of nitrogens with zero attached hydrogens (tertiary/aromatic N) is 3. The first-order chi connectivity index (χ1) is 8.45. The van der Waals surface area contributed by atoms with Gasteiger partial charge < -0.3 is 16.0 Å². The lowest BCUT2D eigenvalue weighted by molar-refractivity contribution is -0.116. The standard InChI is InChI=1S/C12H21N5O/c1-5-6-14-11-8(2)12(16-9(3)15-11)17(4)7-10(13)18/h5-7H2,1-4H3,(H2,13,18)(H,14,15,16). The smallest absolute Gasteiger partial charge is 0.236 e. The molecule has 1 aromatic rings. The Bertz CT molecular complexity index is 433. The average molecular weight is 251 g/mol. The van der Waals surface area contributed by atoms with E-state index in [4.69, 9.17) is 5.73 Å². The van der Waals surface area contributed by atoms with Crippen molar-refractivity contribution in [3.8, 4) is 0 Å². The second kappa shape index (κ2) is 6.18. The number of hydrogen-bond donors (Lipinski definition) is 2. The number of nitrogens with two attached hydrogens (primary N) is 1. The molecule has 0 aliphatic rings. The molecule has 0 saturated carbocycles. The molecule has 1 heterocycles. The summed E-state index contributed by atoms with van der Waals surface area (Å²) < 4.78 is 0. The van der Waals surface area contributed by atoms with Crippen molar-refractivity contribution in [3.05, 3.63) is 11.4 Å². The van der Waals surface area contributed by atoms with Crippen LogP contribution >= 0.6 is 0 Å². The zero-order valence-electron chi connectivity index (χ0n) is 11.4. The molecule has 0 spiro atoms. The van der Waals surface area contributed by atoms with Gasteiger partial charge in [0, 0.05) is 19.2 Å². The van der Waals surface area contributed by atoms with Crippen LogP contribution in [0.3, 0.4) is 0 Å². The van der Waals surface area contributed by atoms with E-state index in [-0.39, 0.29) is 12.5 Å². The third-order valence-corrected chi connectivity index (χ3v) is 2.53. The van der Waals surface area contributed by atoms with Crippen LogP contribution in [0, 0.1) is 13.8 Å². The number of amides is 1. The number of rotatable bonds is 6. The largest absolute Gasteiger partial charge is 0.370 e. The molecule has 0 bridgehead atoms. The molecule has 6 nitrogen and oxygen atoms in total. The van der Waals surface area contributed by atoms with Crippen molar-refractivity contribution in [2.24, 2.45) is 5.73 Å². The summed E-state index contributed by atoms with van der Waals surface area (Å²) in [6.07, 6.45) is 1.02. The van der Waals surface area contributed by atoms with Gasteiger partial charge in [0.1, 0.15) is 17.5 Å². The van der Waals surface area contributed by atoms with Crippen molar-refractivity contribution in [2.75, 3.05) is 30.4 Å². The predicted molar refractivity (Wildman–Crippen MR) is 72.8 cm³/mol. The Kier molecular flexibility index (Phi) is 4.88. The van der Waals surface area contributed by atoms with Gasteiger partial charge >= 0.3 is 0 Å². The number of carbonyl (C=O) groups is 1. The van der Waals surface area contributed by atoms with Crippen LogP contribution in [-0.4, -0.2) is 36.0 Å². The summed E-state index contributed by atoms with van der Waals surface area (Å²) in [5, 5.41) is 3.26. The maximum atomic E-state index is 11.0. The fraction of sp³-hybridized carbons (Fsp3) is 0.583. The van der Waals surface area contributed by atoms with Crippen LogP contribution in [0.25, 0.3) is 0 Å². The quantitative estimate of drug-likeness (QED) is 0.782. The van der Waals surface area contributed by atoms with Crippen molar-refractivity contribution in [1.29, 1.82) is 0 Å². The van der Waals surface area contributed by atoms with Crippen molar-refractivity contribution in [1.82, 2.24) is 9.97 Å². The van der Waals surface area contributed by atoms with Gasteiger partial charge in [0.15, 0.2) is 0 Å². The Morgan fingerprint density at radius 3 is 2.61 bits per heavy atom. The van der Waals surface area contributed by atoms with E-state index < -0.39 is 0 Å². The molecule has 1 amide bonds. The molecule has 100 valence electrons. The summed E-state index contributed by atoms with van der Waals surface area (Å²) in [6.45, 7) is 6.86. The molecular weight excluding hydrogens is 230 g/mol. The van der Waals surface area contributed by atoms with Crippen molar-refractivity contribution in [2.45, 2.75) is 27.2 Å². The van der Waals surface area contributed by atoms with Crippen LogP contribution in [0.4, 0.5) is 11.6 Å². The SMILES string of the molecule is CCCNc1nc(C)nc(N(C)CC(N)=O)c1C. The molecule has 1 rings (SSSR count). The highest BCUT2D eigenvalue weighted by molar-refractivity contribution is 5.79. The summed E-state index contributed by atoms with van der Waals surface area (Å²) in [5.74, 6) is 1.84. The fourth-order valence-electron chi connectivity index (χ4n) is 1.71. The molecular formula is C12H21N5O. The van der Waals surface area contributed by atoms with Gasteiger partial charge in [-0.3, -0.25) is 4.79 Å². The summed E-state index contributed by atoms with van der Waals surface area (Å²) >= 11 is 0. The second-order valence-corrected chi connectivity index (χ2v) is 4.32. The van der Waals surface area contributed by atoms with Gasteiger partial charge in [-0.05, 0) is 20.3 Å². The monoisotopic (exact) mass is 251 g/mol. The maximum absolute atomic E-state index is 11.0. The topological polar surface area (TPSA) is 84.1 Å². The van der Waals surface area contributed by atoms with Gasteiger partial charge in [-0.15, -0.1) is 0 Å². The molecule has 1 aromatic heterocycles. The van der Waals surface area contributed by atoms with Gasteiger partial charge in [0.25, 0.3) is 0 Å². The first-order valence-electron chi connectivity index (χ1n) is 6.04. The Labute approximate surface area is 108 Å². The Morgan fingerprint density at radius 1 is 1.39 bits per heavy atom. The van der Waals surface area contributed by atoms with Gasteiger partial charge in [0.05, 0.1) is 6.54 Å². The lowest BCUT2D eigenvalue weighted by Gasteiger charge is -2.20. The predicted octanol–water partition coefficient (Wildman–Crippen LogP) is 0.837. The van der Waals surface area contributed by atoms with Crippen LogP contribution < -0.4 is 16.0 Å². The van der Waals surface area contributed by atoms with E-state index in [0.29, 0.717) is 5.82 Å². The zero-order chi connectivity index (χ0) is 13.7. The van der Waals surface area contributed by atoms with Crippen LogP contribution in [-0.2, 0) is 4.79 Å². The summed E-state index contributed by atoms with van der Waals surface area (Å²) in [4.78, 5) is 21.4. The number of hydrogen-bond acceptors (Lipinski definition) is 5. The minimum absolute atomic E-state index is 0.143. The minimum atomic E-state index is -0.378. The van der Waals surface area contributed by atoms with Crippen LogP contribution in [0.5, 0.6) is 0 Å². The highest BCUT2D eigenvalue weighted by atomic mass is 16.1. The number of likely N-dealkylation sites (N-methyl/N-ethyl adjacent to an activating group) is 1. The van der Waals surface area contributed by atoms with E-state index in [0.717, 1.165) is 30.2 Å². The third-order valence-electron chi connectivity index (χ3n) is 2.53. The lowest BCUT2D eigenvalue weighted by Crippen LogP contribution is -2.32. The molecule has 18 heavy (non-hydrogen) atoms. The van der Waals surface area contributed by atoms with E-state index in [1.165, 1.54) is 0 Å². The van der Waals surface area contributed by atoms with Crippen molar-refractivity contribution < 1.29 is 4.79 Å². The number of aryl methyl sites for hydroxylation is 1. The minimum Gasteiger partial charge on any atom is -0.370 e. The number of carbonyl (C=O) groups excluding carboxylic acids is 1. The van der Waals surface area contributed by atoms with E-state index in [1.54, 1.807) is 11.9 Å². The third kappa shape index (κ3) is 3.58. The van der Waals surface area contributed by atoms with Crippen LogP contribution in [0.2, 0.25) is 0 Å². The van der Waals surface area contributed by atoms with Crippen molar-refractivity contribution >= 4 is 17.5 Å². The highest BCUT2D eigenvalue weighted by Gasteiger charge is 2.13. The number of nitrogens with one attached hydrogen (secondary N) is 1. The van der Waals surface area contributed by atoms with E-state index >= 15 is 0 Å². The van der Waals surface area contributed by atoms with Crippen LogP contribution in [0.15, 0.2) is 0 Å². The summed E-state index contributed by atoms with van der Waals surface area (Å²) in [5.41, 5.74) is 6.13. The molecule has 6 heteroatoms. The Morgan fingerprint density at radius 2 is 2.06 bits per heavy atom. The fourth-order valence-corrected chi connectivity index (χ4v) is 1.71. The molecule has 0 fully saturated rings. The second-order valence-electron chi connectivity index (χ2n) is 4.32. The molecule has 0 unspecified atom stereocenters. The maximum Gasteiger partial charge on any atom is 0.236 e. The number of aromatic nitrogens is 2. The molecule has 0 atom stereocenters. The van der Waals surface area contributed by atoms with Crippen LogP contribution in [0.1, 0.15) is 24.7 Å². The average Bonchev–Trinajstić information content (AvgIpc) is 2.28. The molecule has 0 aromatic carbocycles. The molecule has 0 radical (unpaired) electrons. The molecule has 0 saturated heterocycles. The molecule has 0 aliphatic heterocycles. The Hall–Kier alpha value is -1.85. The van der Waals surface area contributed by atoms with E-state index in [9.17, 15) is 4.79 Å². The summed E-state index contributed by atoms with van der Waals surface area (Å²) in [6, 6.07) is 0. The summed E-state index contributed by atoms with van der Waals surface area (Å²) in [7, 11) is 1.79. The number of anilines is 2. The number of primary amides is 1. The zero-order valence-corrected chi connectivity index (χ0v) is 11.4. The van der Waals surface area contributed by atoms with Gasteiger partial charge in [0.2, 0.25) is 5.91 Å². The van der Waals surface area contributed by atoms with Gasteiger partial charge in [-0.2, -0.15) is 0 Å². The highest BCUT2D eigenvalue weighted by Crippen LogP contribution is 2.22. The first kappa shape index (κ1) is 14.2.